The summed E-state index contributed by atoms with van der Waals surface area (Å²) in [5.74, 6) is 1.32. The third-order valence-corrected chi connectivity index (χ3v) is 7.14. The lowest BCUT2D eigenvalue weighted by molar-refractivity contribution is -0.116. The Balaban J connectivity index is 1.70. The monoisotopic (exact) mass is 471 g/mol. The second kappa shape index (κ2) is 9.42. The minimum atomic E-state index is -0.481. The lowest BCUT2D eigenvalue weighted by Gasteiger charge is -2.33. The van der Waals surface area contributed by atoms with E-state index in [1.165, 1.54) is 11.8 Å². The van der Waals surface area contributed by atoms with Gasteiger partial charge in [-0.3, -0.25) is 4.79 Å². The first-order valence-corrected chi connectivity index (χ1v) is 11.8. The van der Waals surface area contributed by atoms with Gasteiger partial charge in [-0.15, -0.1) is 10.2 Å². The molecule has 1 amide bonds. The fourth-order valence-electron chi connectivity index (χ4n) is 3.70. The molecule has 0 bridgehead atoms. The minimum absolute atomic E-state index is 0.112. The van der Waals surface area contributed by atoms with E-state index in [9.17, 15) is 4.79 Å². The third-order valence-electron chi connectivity index (χ3n) is 5.63. The average molecular weight is 472 g/mol. The molecule has 9 heteroatoms. The SMILES string of the molecule is CCCc1nnc2n1NC(c1ccc(OC)c(Cl)c1)C(C(=O)Nc1cccc(C)c1C)S2. The highest BCUT2D eigenvalue weighted by Gasteiger charge is 2.38. The highest BCUT2D eigenvalue weighted by molar-refractivity contribution is 8.00. The van der Waals surface area contributed by atoms with Crippen LogP contribution in [-0.4, -0.2) is 33.1 Å². The maximum atomic E-state index is 13.5. The van der Waals surface area contributed by atoms with Crippen LogP contribution in [0.25, 0.3) is 0 Å². The van der Waals surface area contributed by atoms with Gasteiger partial charge >= 0.3 is 0 Å². The van der Waals surface area contributed by atoms with Crippen molar-refractivity contribution in [1.82, 2.24) is 14.9 Å². The van der Waals surface area contributed by atoms with E-state index in [-0.39, 0.29) is 11.9 Å². The van der Waals surface area contributed by atoms with Crippen LogP contribution in [0.5, 0.6) is 5.75 Å². The Morgan fingerprint density at radius 3 is 2.81 bits per heavy atom. The molecule has 3 aromatic rings. The van der Waals surface area contributed by atoms with Gasteiger partial charge in [-0.1, -0.05) is 48.5 Å². The summed E-state index contributed by atoms with van der Waals surface area (Å²) in [6.45, 7) is 6.13. The zero-order chi connectivity index (χ0) is 22.8. The summed E-state index contributed by atoms with van der Waals surface area (Å²) < 4.78 is 7.19. The smallest absolute Gasteiger partial charge is 0.240 e. The van der Waals surface area contributed by atoms with Gasteiger partial charge in [0, 0.05) is 12.1 Å². The number of rotatable bonds is 6. The van der Waals surface area contributed by atoms with Crippen LogP contribution >= 0.6 is 23.4 Å². The molecule has 32 heavy (non-hydrogen) atoms. The first-order valence-electron chi connectivity index (χ1n) is 10.5. The van der Waals surface area contributed by atoms with E-state index in [0.717, 1.165) is 41.0 Å². The van der Waals surface area contributed by atoms with E-state index in [1.54, 1.807) is 7.11 Å². The van der Waals surface area contributed by atoms with Crippen LogP contribution in [0.15, 0.2) is 41.6 Å². The molecule has 4 rings (SSSR count). The summed E-state index contributed by atoms with van der Waals surface area (Å²) in [6, 6.07) is 11.1. The molecule has 1 aliphatic heterocycles. The number of thioether (sulfide) groups is 1. The van der Waals surface area contributed by atoms with Crippen LogP contribution in [0.4, 0.5) is 5.69 Å². The fraction of sp³-hybridized carbons (Fsp3) is 0.348. The molecule has 7 nitrogen and oxygen atoms in total. The number of methoxy groups -OCH3 is 1. The van der Waals surface area contributed by atoms with Gasteiger partial charge in [0.1, 0.15) is 11.0 Å². The molecule has 2 aromatic carbocycles. The van der Waals surface area contributed by atoms with E-state index in [4.69, 9.17) is 16.3 Å². The zero-order valence-corrected chi connectivity index (χ0v) is 20.0. The predicted molar refractivity (Wildman–Crippen MR) is 128 cm³/mol. The van der Waals surface area contributed by atoms with Gasteiger partial charge in [0.2, 0.25) is 11.1 Å². The Hall–Kier alpha value is -2.71. The number of fused-ring (bicyclic) bond motifs is 1. The fourth-order valence-corrected chi connectivity index (χ4v) is 5.07. The van der Waals surface area contributed by atoms with Crippen molar-refractivity contribution in [3.63, 3.8) is 0 Å². The van der Waals surface area contributed by atoms with E-state index in [1.807, 2.05) is 54.9 Å². The van der Waals surface area contributed by atoms with E-state index >= 15 is 0 Å². The van der Waals surface area contributed by atoms with Crippen molar-refractivity contribution in [2.75, 3.05) is 17.9 Å². The van der Waals surface area contributed by atoms with E-state index < -0.39 is 5.25 Å². The van der Waals surface area contributed by atoms with Crippen LogP contribution in [0.2, 0.25) is 5.02 Å². The molecule has 1 aliphatic rings. The van der Waals surface area contributed by atoms with Gasteiger partial charge in [0.15, 0.2) is 5.82 Å². The molecule has 0 saturated carbocycles. The molecule has 2 heterocycles. The van der Waals surface area contributed by atoms with E-state index in [0.29, 0.717) is 15.9 Å². The minimum Gasteiger partial charge on any atom is -0.495 e. The van der Waals surface area contributed by atoms with Crippen molar-refractivity contribution < 1.29 is 9.53 Å². The number of carbonyl (C=O) groups excluding carboxylic acids is 1. The summed E-state index contributed by atoms with van der Waals surface area (Å²) in [4.78, 5) is 13.5. The number of ether oxygens (including phenoxy) is 1. The maximum absolute atomic E-state index is 13.5. The molecule has 0 fully saturated rings. The lowest BCUT2D eigenvalue weighted by Crippen LogP contribution is -2.41. The largest absolute Gasteiger partial charge is 0.495 e. The highest BCUT2D eigenvalue weighted by atomic mass is 35.5. The van der Waals surface area contributed by atoms with Gasteiger partial charge in [0.25, 0.3) is 0 Å². The van der Waals surface area contributed by atoms with Crippen molar-refractivity contribution in [2.24, 2.45) is 0 Å². The lowest BCUT2D eigenvalue weighted by atomic mass is 10.0. The van der Waals surface area contributed by atoms with Crippen molar-refractivity contribution in [2.45, 2.75) is 50.1 Å². The molecule has 0 spiro atoms. The quantitative estimate of drug-likeness (QED) is 0.531. The van der Waals surface area contributed by atoms with Gasteiger partial charge < -0.3 is 15.5 Å². The molecule has 168 valence electrons. The molecule has 0 radical (unpaired) electrons. The van der Waals surface area contributed by atoms with Crippen LogP contribution in [0, 0.1) is 13.8 Å². The molecular formula is C23H26ClN5O2S. The zero-order valence-electron chi connectivity index (χ0n) is 18.5. The molecule has 2 unspecified atom stereocenters. The Bertz CT molecular complexity index is 1150. The molecule has 0 aliphatic carbocycles. The maximum Gasteiger partial charge on any atom is 0.240 e. The Kier molecular flexibility index (Phi) is 6.62. The second-order valence-electron chi connectivity index (χ2n) is 7.76. The predicted octanol–water partition coefficient (Wildman–Crippen LogP) is 4.91. The summed E-state index contributed by atoms with van der Waals surface area (Å²) in [5.41, 5.74) is 7.32. The number of aromatic nitrogens is 3. The van der Waals surface area contributed by atoms with Crippen molar-refractivity contribution in [3.8, 4) is 5.75 Å². The number of anilines is 1. The van der Waals surface area contributed by atoms with Gasteiger partial charge in [0.05, 0.1) is 18.2 Å². The molecular weight excluding hydrogens is 446 g/mol. The topological polar surface area (TPSA) is 81.1 Å². The van der Waals surface area contributed by atoms with E-state index in [2.05, 4.69) is 27.9 Å². The normalized spacial score (nSPS) is 17.4. The number of carbonyl (C=O) groups is 1. The van der Waals surface area contributed by atoms with Crippen molar-refractivity contribution >= 4 is 35.0 Å². The number of nitrogens with one attached hydrogen (secondary N) is 2. The van der Waals surface area contributed by atoms with Crippen molar-refractivity contribution in [1.29, 1.82) is 0 Å². The second-order valence-corrected chi connectivity index (χ2v) is 9.28. The third kappa shape index (κ3) is 4.29. The van der Waals surface area contributed by atoms with Crippen LogP contribution in [-0.2, 0) is 11.2 Å². The molecule has 0 saturated heterocycles. The molecule has 1 aromatic heterocycles. The van der Waals surface area contributed by atoms with Crippen LogP contribution in [0.1, 0.15) is 41.9 Å². The van der Waals surface area contributed by atoms with Crippen molar-refractivity contribution in [3.05, 3.63) is 63.9 Å². The average Bonchev–Trinajstić information content (AvgIpc) is 3.18. The Morgan fingerprint density at radius 1 is 1.28 bits per heavy atom. The van der Waals surface area contributed by atoms with Gasteiger partial charge in [-0.05, 0) is 55.2 Å². The number of halogens is 1. The first kappa shape index (κ1) is 22.5. The first-order chi connectivity index (χ1) is 15.4. The van der Waals surface area contributed by atoms with Crippen LogP contribution < -0.4 is 15.5 Å². The number of hydrogen-bond acceptors (Lipinski definition) is 6. The summed E-state index contributed by atoms with van der Waals surface area (Å²) >= 11 is 7.81. The Labute approximate surface area is 196 Å². The van der Waals surface area contributed by atoms with Gasteiger partial charge in [-0.25, -0.2) is 4.68 Å². The summed E-state index contributed by atoms with van der Waals surface area (Å²) in [6.07, 6.45) is 1.73. The number of nitrogens with zero attached hydrogens (tertiary/aromatic N) is 3. The highest BCUT2D eigenvalue weighted by Crippen LogP contribution is 2.39. The van der Waals surface area contributed by atoms with Gasteiger partial charge in [-0.2, -0.15) is 0 Å². The number of aryl methyl sites for hydroxylation is 2. The number of hydrogen-bond donors (Lipinski definition) is 2. The molecule has 2 atom stereocenters. The summed E-state index contributed by atoms with van der Waals surface area (Å²) in [7, 11) is 1.58. The number of benzene rings is 2. The van der Waals surface area contributed by atoms with Crippen LogP contribution in [0.3, 0.4) is 0 Å². The summed E-state index contributed by atoms with van der Waals surface area (Å²) in [5, 5.41) is 12.4. The molecule has 2 N–H and O–H groups in total. The standard InChI is InChI=1S/C23H26ClN5O2S/c1-5-7-19-26-27-23-29(19)28-20(15-10-11-18(31-4)16(24)12-15)21(32-23)22(30)25-17-9-6-8-13(2)14(17)3/h6,8-12,20-21,28H,5,7H2,1-4H3,(H,25,30). The Morgan fingerprint density at radius 2 is 2.09 bits per heavy atom. The number of amides is 1.